The van der Waals surface area contributed by atoms with E-state index < -0.39 is 5.97 Å². The number of carboxylic acid groups (broad SMARTS) is 1. The molecule has 1 aliphatic rings. The first kappa shape index (κ1) is 11.1. The number of carbonyl (C=O) groups is 2. The average Bonchev–Trinajstić information content (AvgIpc) is 2.58. The van der Waals surface area contributed by atoms with Crippen LogP contribution in [0.4, 0.5) is 5.82 Å². The lowest BCUT2D eigenvalue weighted by atomic mass is 10.3. The first-order valence-electron chi connectivity index (χ1n) is 4.71. The van der Waals surface area contributed by atoms with Crippen LogP contribution in [0.25, 0.3) is 0 Å². The van der Waals surface area contributed by atoms with E-state index in [1.165, 1.54) is 12.3 Å². The summed E-state index contributed by atoms with van der Waals surface area (Å²) in [6.45, 7) is 0.568. The van der Waals surface area contributed by atoms with Gasteiger partial charge in [0.15, 0.2) is 0 Å². The third kappa shape index (κ3) is 2.06. The minimum atomic E-state index is -1.02. The average molecular weight is 285 g/mol. The van der Waals surface area contributed by atoms with E-state index in [0.29, 0.717) is 18.8 Å². The van der Waals surface area contributed by atoms with E-state index >= 15 is 0 Å². The van der Waals surface area contributed by atoms with E-state index in [4.69, 9.17) is 5.11 Å². The molecule has 0 bridgehead atoms. The van der Waals surface area contributed by atoms with Crippen molar-refractivity contribution in [2.24, 2.45) is 0 Å². The van der Waals surface area contributed by atoms with Gasteiger partial charge in [-0.15, -0.1) is 0 Å². The van der Waals surface area contributed by atoms with E-state index in [0.717, 1.165) is 0 Å². The van der Waals surface area contributed by atoms with Gasteiger partial charge < -0.3 is 5.11 Å². The van der Waals surface area contributed by atoms with Crippen LogP contribution in [0.1, 0.15) is 16.8 Å². The van der Waals surface area contributed by atoms with Gasteiger partial charge in [-0.3, -0.25) is 9.69 Å². The Balaban J connectivity index is 2.22. The second kappa shape index (κ2) is 4.21. The molecule has 2 heterocycles. The van der Waals surface area contributed by atoms with E-state index in [1.807, 2.05) is 0 Å². The highest BCUT2D eigenvalue weighted by Crippen LogP contribution is 2.23. The zero-order chi connectivity index (χ0) is 11.7. The maximum Gasteiger partial charge on any atom is 0.337 e. The molecule has 1 atom stereocenters. The molecule has 0 radical (unpaired) electrons. The molecule has 0 spiro atoms. The second-order valence-electron chi connectivity index (χ2n) is 3.52. The number of rotatable bonds is 2. The number of anilines is 1. The van der Waals surface area contributed by atoms with Gasteiger partial charge in [0, 0.05) is 24.0 Å². The van der Waals surface area contributed by atoms with E-state index in [2.05, 4.69) is 20.9 Å². The van der Waals surface area contributed by atoms with Crippen LogP contribution >= 0.6 is 15.9 Å². The number of carboxylic acids is 1. The minimum Gasteiger partial charge on any atom is -0.478 e. The summed E-state index contributed by atoms with van der Waals surface area (Å²) in [5.41, 5.74) is 0.116. The van der Waals surface area contributed by atoms with Crippen LogP contribution in [0.15, 0.2) is 18.3 Å². The summed E-state index contributed by atoms with van der Waals surface area (Å²) in [6.07, 6.45) is 1.70. The first-order chi connectivity index (χ1) is 7.58. The molecular weight excluding hydrogens is 276 g/mol. The van der Waals surface area contributed by atoms with Crippen molar-refractivity contribution in [3.63, 3.8) is 0 Å². The third-order valence-corrected chi connectivity index (χ3v) is 2.96. The minimum absolute atomic E-state index is 0.00236. The molecule has 1 unspecified atom stereocenters. The predicted octanol–water partition coefficient (Wildman–Crippen LogP) is 1.28. The van der Waals surface area contributed by atoms with Crippen molar-refractivity contribution in [3.8, 4) is 0 Å². The van der Waals surface area contributed by atoms with Gasteiger partial charge in [0.05, 0.1) is 5.56 Å². The molecule has 2 rings (SSSR count). The maximum absolute atomic E-state index is 11.5. The number of halogens is 1. The summed E-state index contributed by atoms with van der Waals surface area (Å²) in [5, 5.41) is 8.71. The summed E-state index contributed by atoms with van der Waals surface area (Å²) in [4.78, 5) is 27.8. The molecule has 84 valence electrons. The van der Waals surface area contributed by atoms with Gasteiger partial charge in [0.2, 0.25) is 5.91 Å². The normalized spacial score (nSPS) is 20.2. The molecular formula is C10H9BrN2O3. The molecule has 1 saturated heterocycles. The summed E-state index contributed by atoms with van der Waals surface area (Å²) in [6, 6.07) is 2.99. The van der Waals surface area contributed by atoms with Crippen LogP contribution in [0.2, 0.25) is 0 Å². The zero-order valence-electron chi connectivity index (χ0n) is 8.26. The molecule has 0 saturated carbocycles. The van der Waals surface area contributed by atoms with Gasteiger partial charge in [-0.2, -0.15) is 0 Å². The quantitative estimate of drug-likeness (QED) is 0.831. The smallest absolute Gasteiger partial charge is 0.337 e. The Morgan fingerprint density at radius 2 is 2.31 bits per heavy atom. The Morgan fingerprint density at radius 3 is 2.75 bits per heavy atom. The standard InChI is InChI=1S/C10H9BrN2O3/c11-7-3-9(14)13(5-7)8-2-1-6(4-12-8)10(15)16/h1-2,4,7H,3,5H2,(H,15,16). The van der Waals surface area contributed by atoms with Crippen LogP contribution in [-0.2, 0) is 4.79 Å². The molecule has 1 N–H and O–H groups in total. The molecule has 1 aliphatic heterocycles. The topological polar surface area (TPSA) is 70.5 Å². The fourth-order valence-corrected chi connectivity index (χ4v) is 2.12. The fraction of sp³-hybridized carbons (Fsp3) is 0.300. The van der Waals surface area contributed by atoms with Crippen molar-refractivity contribution in [3.05, 3.63) is 23.9 Å². The van der Waals surface area contributed by atoms with E-state index in [9.17, 15) is 9.59 Å². The van der Waals surface area contributed by atoms with Crippen LogP contribution in [0.3, 0.4) is 0 Å². The highest BCUT2D eigenvalue weighted by atomic mass is 79.9. The zero-order valence-corrected chi connectivity index (χ0v) is 9.85. The van der Waals surface area contributed by atoms with Gasteiger partial charge in [0.25, 0.3) is 0 Å². The summed E-state index contributed by atoms with van der Waals surface area (Å²) >= 11 is 3.37. The highest BCUT2D eigenvalue weighted by molar-refractivity contribution is 9.09. The van der Waals surface area contributed by atoms with Crippen molar-refractivity contribution in [2.75, 3.05) is 11.4 Å². The fourth-order valence-electron chi connectivity index (χ4n) is 1.56. The molecule has 1 aromatic rings. The molecule has 6 heteroatoms. The molecule has 1 aromatic heterocycles. The van der Waals surface area contributed by atoms with Gasteiger partial charge in [-0.1, -0.05) is 15.9 Å². The number of pyridine rings is 1. The van der Waals surface area contributed by atoms with Gasteiger partial charge in [0.1, 0.15) is 5.82 Å². The summed E-state index contributed by atoms with van der Waals surface area (Å²) in [5.74, 6) is -0.528. The molecule has 1 fully saturated rings. The van der Waals surface area contributed by atoms with Crippen molar-refractivity contribution in [1.29, 1.82) is 0 Å². The Bertz CT molecular complexity index is 432. The lowest BCUT2D eigenvalue weighted by molar-refractivity contribution is -0.117. The first-order valence-corrected chi connectivity index (χ1v) is 5.63. The van der Waals surface area contributed by atoms with E-state index in [1.54, 1.807) is 11.0 Å². The van der Waals surface area contributed by atoms with Crippen molar-refractivity contribution < 1.29 is 14.7 Å². The molecule has 5 nitrogen and oxygen atoms in total. The predicted molar refractivity (Wildman–Crippen MR) is 60.9 cm³/mol. The number of aromatic nitrogens is 1. The summed E-state index contributed by atoms with van der Waals surface area (Å²) in [7, 11) is 0. The third-order valence-electron chi connectivity index (χ3n) is 2.35. The van der Waals surface area contributed by atoms with Crippen LogP contribution in [0.5, 0.6) is 0 Å². The van der Waals surface area contributed by atoms with Crippen molar-refractivity contribution >= 4 is 33.6 Å². The van der Waals surface area contributed by atoms with Crippen molar-refractivity contribution in [2.45, 2.75) is 11.2 Å². The second-order valence-corrected chi connectivity index (χ2v) is 4.81. The Labute approximate surface area is 100 Å². The van der Waals surface area contributed by atoms with Crippen LogP contribution in [-0.4, -0.2) is 33.3 Å². The summed E-state index contributed by atoms with van der Waals surface area (Å²) < 4.78 is 0. The SMILES string of the molecule is O=C(O)c1ccc(N2CC(Br)CC2=O)nc1. The molecule has 16 heavy (non-hydrogen) atoms. The highest BCUT2D eigenvalue weighted by Gasteiger charge is 2.29. The number of nitrogens with zero attached hydrogens (tertiary/aromatic N) is 2. The number of alkyl halides is 1. The lowest BCUT2D eigenvalue weighted by Gasteiger charge is -2.14. The Morgan fingerprint density at radius 1 is 1.56 bits per heavy atom. The van der Waals surface area contributed by atoms with Gasteiger partial charge in [-0.05, 0) is 12.1 Å². The van der Waals surface area contributed by atoms with Gasteiger partial charge in [-0.25, -0.2) is 9.78 Å². The van der Waals surface area contributed by atoms with Crippen LogP contribution in [0, 0.1) is 0 Å². The maximum atomic E-state index is 11.5. The lowest BCUT2D eigenvalue weighted by Crippen LogP contribution is -2.25. The molecule has 0 aliphatic carbocycles. The Hall–Kier alpha value is -1.43. The largest absolute Gasteiger partial charge is 0.478 e. The van der Waals surface area contributed by atoms with Crippen molar-refractivity contribution in [1.82, 2.24) is 4.98 Å². The number of aromatic carboxylic acids is 1. The molecule has 1 amide bonds. The number of hydrogen-bond donors (Lipinski definition) is 1. The van der Waals surface area contributed by atoms with E-state index in [-0.39, 0.29) is 16.3 Å². The van der Waals surface area contributed by atoms with Crippen LogP contribution < -0.4 is 4.90 Å². The van der Waals surface area contributed by atoms with Gasteiger partial charge >= 0.3 is 5.97 Å². The monoisotopic (exact) mass is 284 g/mol. The number of hydrogen-bond acceptors (Lipinski definition) is 3. The Kier molecular flexibility index (Phi) is 2.91. The number of amides is 1. The number of carbonyl (C=O) groups excluding carboxylic acids is 1. The molecule has 0 aromatic carbocycles.